The molecule has 0 spiro atoms. The van der Waals surface area contributed by atoms with E-state index in [-0.39, 0.29) is 30.5 Å². The number of carbonyl (C=O) groups is 4. The van der Waals surface area contributed by atoms with Crippen LogP contribution >= 0.6 is 11.8 Å². The van der Waals surface area contributed by atoms with Crippen LogP contribution in [0.2, 0.25) is 0 Å². The summed E-state index contributed by atoms with van der Waals surface area (Å²) >= 11 is 1.37. The topological polar surface area (TPSA) is 108 Å². The molecule has 1 heterocycles. The highest BCUT2D eigenvalue weighted by Gasteiger charge is 2.43. The second-order valence-corrected chi connectivity index (χ2v) is 7.43. The fourth-order valence-corrected chi connectivity index (χ4v) is 3.16. The van der Waals surface area contributed by atoms with Gasteiger partial charge in [-0.3, -0.25) is 30.1 Å². The maximum absolute atomic E-state index is 12.0. The average molecular weight is 378 g/mol. The molecule has 1 aromatic rings. The molecule has 2 rings (SSSR count). The Labute approximate surface area is 156 Å². The van der Waals surface area contributed by atoms with Gasteiger partial charge in [-0.1, -0.05) is 18.2 Å². The van der Waals surface area contributed by atoms with Crippen molar-refractivity contribution < 1.29 is 19.2 Å². The van der Waals surface area contributed by atoms with Gasteiger partial charge in [-0.15, -0.1) is 11.8 Å². The molecule has 0 atom stereocenters. The van der Waals surface area contributed by atoms with Gasteiger partial charge in [0.15, 0.2) is 0 Å². The summed E-state index contributed by atoms with van der Waals surface area (Å²) in [5, 5.41) is 2.54. The van der Waals surface area contributed by atoms with Crippen molar-refractivity contribution in [3.05, 3.63) is 29.8 Å². The van der Waals surface area contributed by atoms with E-state index in [1.165, 1.54) is 11.8 Å². The van der Waals surface area contributed by atoms with E-state index in [0.717, 1.165) is 15.4 Å². The fourth-order valence-electron chi connectivity index (χ4n) is 2.33. The lowest BCUT2D eigenvalue weighted by Crippen LogP contribution is -2.44. The van der Waals surface area contributed by atoms with Crippen molar-refractivity contribution in [3.63, 3.8) is 0 Å². The van der Waals surface area contributed by atoms with Crippen LogP contribution in [0.1, 0.15) is 25.8 Å². The highest BCUT2D eigenvalue weighted by atomic mass is 32.2. The number of nitrogens with zero attached hydrogens (tertiary/aromatic N) is 1. The standard InChI is InChI=1S/C17H22N4O4S/c1-11-6-4-5-7-12(11)26-10-14(23)20-19-13(22)8-9-21-15(24)17(2,3)18-16(21)25/h4-7H,8-10H2,1-3H3,(H,18,25)(H,19,22)(H,20,23). The summed E-state index contributed by atoms with van der Waals surface area (Å²) in [6, 6.07) is 7.18. The normalized spacial score (nSPS) is 15.6. The summed E-state index contributed by atoms with van der Waals surface area (Å²) in [6.07, 6.45) is -0.0968. The van der Waals surface area contributed by atoms with Crippen molar-refractivity contribution in [3.8, 4) is 0 Å². The molecule has 26 heavy (non-hydrogen) atoms. The van der Waals surface area contributed by atoms with Gasteiger partial charge in [0.25, 0.3) is 5.91 Å². The number of hydrogen-bond donors (Lipinski definition) is 3. The van der Waals surface area contributed by atoms with Crippen molar-refractivity contribution in [2.24, 2.45) is 0 Å². The number of benzene rings is 1. The lowest BCUT2D eigenvalue weighted by molar-refractivity contribution is -0.131. The van der Waals surface area contributed by atoms with E-state index in [0.29, 0.717) is 0 Å². The lowest BCUT2D eigenvalue weighted by Gasteiger charge is -2.15. The van der Waals surface area contributed by atoms with Gasteiger partial charge in [-0.05, 0) is 32.4 Å². The summed E-state index contributed by atoms with van der Waals surface area (Å²) in [6.45, 7) is 5.10. The van der Waals surface area contributed by atoms with Gasteiger partial charge in [0.05, 0.1) is 5.75 Å². The Kier molecular flexibility index (Phi) is 6.25. The van der Waals surface area contributed by atoms with Crippen LogP contribution in [0, 0.1) is 6.92 Å². The number of aryl methyl sites for hydroxylation is 1. The van der Waals surface area contributed by atoms with Crippen molar-refractivity contribution in [1.29, 1.82) is 0 Å². The molecule has 1 aliphatic rings. The molecule has 1 aromatic carbocycles. The zero-order chi connectivity index (χ0) is 19.3. The summed E-state index contributed by atoms with van der Waals surface area (Å²) in [5.41, 5.74) is 4.72. The maximum atomic E-state index is 12.0. The Morgan fingerprint density at radius 1 is 1.15 bits per heavy atom. The summed E-state index contributed by atoms with van der Waals surface area (Å²) in [7, 11) is 0. The molecule has 9 heteroatoms. The van der Waals surface area contributed by atoms with Gasteiger partial charge < -0.3 is 5.32 Å². The maximum Gasteiger partial charge on any atom is 0.325 e. The number of nitrogens with one attached hydrogen (secondary N) is 3. The number of urea groups is 1. The molecule has 1 aliphatic heterocycles. The first-order chi connectivity index (χ1) is 12.2. The minimum atomic E-state index is -0.964. The molecular weight excluding hydrogens is 356 g/mol. The third-order valence-electron chi connectivity index (χ3n) is 3.80. The van der Waals surface area contributed by atoms with Crippen LogP contribution in [-0.2, 0) is 14.4 Å². The van der Waals surface area contributed by atoms with E-state index in [4.69, 9.17) is 0 Å². The van der Waals surface area contributed by atoms with E-state index < -0.39 is 17.5 Å². The van der Waals surface area contributed by atoms with Crippen LogP contribution in [0.15, 0.2) is 29.2 Å². The van der Waals surface area contributed by atoms with Gasteiger partial charge in [0, 0.05) is 17.9 Å². The van der Waals surface area contributed by atoms with E-state index in [1.54, 1.807) is 13.8 Å². The first-order valence-corrected chi connectivity index (χ1v) is 9.09. The van der Waals surface area contributed by atoms with Crippen LogP contribution in [0.3, 0.4) is 0 Å². The van der Waals surface area contributed by atoms with E-state index in [9.17, 15) is 19.2 Å². The Bertz CT molecular complexity index is 735. The van der Waals surface area contributed by atoms with Crippen molar-refractivity contribution in [1.82, 2.24) is 21.1 Å². The van der Waals surface area contributed by atoms with Crippen LogP contribution < -0.4 is 16.2 Å². The van der Waals surface area contributed by atoms with Gasteiger partial charge in [0.2, 0.25) is 11.8 Å². The highest BCUT2D eigenvalue weighted by molar-refractivity contribution is 8.00. The molecule has 0 radical (unpaired) electrons. The molecule has 5 amide bonds. The molecule has 1 saturated heterocycles. The molecule has 0 saturated carbocycles. The first-order valence-electron chi connectivity index (χ1n) is 8.11. The quantitative estimate of drug-likeness (QED) is 0.388. The molecule has 8 nitrogen and oxygen atoms in total. The van der Waals surface area contributed by atoms with Crippen LogP contribution in [-0.4, -0.2) is 46.5 Å². The summed E-state index contributed by atoms with van der Waals surface area (Å²) in [5.74, 6) is -1.05. The minimum Gasteiger partial charge on any atom is -0.324 e. The van der Waals surface area contributed by atoms with Gasteiger partial charge >= 0.3 is 6.03 Å². The summed E-state index contributed by atoms with van der Waals surface area (Å²) in [4.78, 5) is 49.3. The van der Waals surface area contributed by atoms with E-state index in [2.05, 4.69) is 16.2 Å². The molecule has 0 aromatic heterocycles. The minimum absolute atomic E-state index is 0.0479. The van der Waals surface area contributed by atoms with Gasteiger partial charge in [0.1, 0.15) is 5.54 Å². The van der Waals surface area contributed by atoms with E-state index in [1.807, 2.05) is 31.2 Å². The molecule has 0 bridgehead atoms. The van der Waals surface area contributed by atoms with Crippen molar-refractivity contribution in [2.45, 2.75) is 37.6 Å². The molecule has 140 valence electrons. The third kappa shape index (κ3) is 4.98. The molecule has 3 N–H and O–H groups in total. The van der Waals surface area contributed by atoms with Crippen LogP contribution in [0.25, 0.3) is 0 Å². The van der Waals surface area contributed by atoms with E-state index >= 15 is 0 Å². The predicted octanol–water partition coefficient (Wildman–Crippen LogP) is 0.955. The Morgan fingerprint density at radius 3 is 2.42 bits per heavy atom. The number of amides is 5. The third-order valence-corrected chi connectivity index (χ3v) is 4.98. The van der Waals surface area contributed by atoms with Crippen LogP contribution in [0.4, 0.5) is 4.79 Å². The zero-order valence-electron chi connectivity index (χ0n) is 14.9. The fraction of sp³-hybridized carbons (Fsp3) is 0.412. The number of hydrazine groups is 1. The molecular formula is C17H22N4O4S. The molecule has 0 aliphatic carbocycles. The number of hydrogen-bond acceptors (Lipinski definition) is 5. The summed E-state index contributed by atoms with van der Waals surface area (Å²) < 4.78 is 0. The van der Waals surface area contributed by atoms with Gasteiger partial charge in [-0.2, -0.15) is 0 Å². The lowest BCUT2D eigenvalue weighted by atomic mass is 10.1. The average Bonchev–Trinajstić information content (AvgIpc) is 2.78. The van der Waals surface area contributed by atoms with Crippen molar-refractivity contribution >= 4 is 35.5 Å². The Morgan fingerprint density at radius 2 is 1.81 bits per heavy atom. The SMILES string of the molecule is Cc1ccccc1SCC(=O)NNC(=O)CCN1C(=O)NC(C)(C)C1=O. The second-order valence-electron chi connectivity index (χ2n) is 6.41. The number of imide groups is 1. The second kappa shape index (κ2) is 8.22. The largest absolute Gasteiger partial charge is 0.325 e. The molecule has 0 unspecified atom stereocenters. The number of carbonyl (C=O) groups excluding carboxylic acids is 4. The van der Waals surface area contributed by atoms with Gasteiger partial charge in [-0.25, -0.2) is 4.79 Å². The smallest absolute Gasteiger partial charge is 0.324 e. The molecule has 1 fully saturated rings. The van der Waals surface area contributed by atoms with Crippen molar-refractivity contribution in [2.75, 3.05) is 12.3 Å². The number of rotatable bonds is 6. The zero-order valence-corrected chi connectivity index (χ0v) is 15.7. The monoisotopic (exact) mass is 378 g/mol. The van der Waals surface area contributed by atoms with Crippen LogP contribution in [0.5, 0.6) is 0 Å². The first kappa shape index (κ1) is 19.8. The predicted molar refractivity (Wildman–Crippen MR) is 97.1 cm³/mol. The number of thioether (sulfide) groups is 1. The Hall–Kier alpha value is -2.55. The Balaban J connectivity index is 1.70. The highest BCUT2D eigenvalue weighted by Crippen LogP contribution is 2.21.